The van der Waals surface area contributed by atoms with Crippen molar-refractivity contribution in [2.75, 3.05) is 19.8 Å². The van der Waals surface area contributed by atoms with E-state index in [1.807, 2.05) is 49.4 Å². The highest BCUT2D eigenvalue weighted by Gasteiger charge is 2.43. The Balaban J connectivity index is 1.74. The molecule has 1 aliphatic heterocycles. The third-order valence-electron chi connectivity index (χ3n) is 4.02. The molecule has 1 spiro atoms. The number of nitrogens with zero attached hydrogens (tertiary/aromatic N) is 2. The minimum atomic E-state index is -0.698. The van der Waals surface area contributed by atoms with Gasteiger partial charge in [-0.05, 0) is 18.1 Å². The van der Waals surface area contributed by atoms with Gasteiger partial charge < -0.3 is 14.8 Å². The first kappa shape index (κ1) is 16.7. The van der Waals surface area contributed by atoms with Crippen LogP contribution in [0.15, 0.2) is 47.6 Å². The predicted octanol–water partition coefficient (Wildman–Crippen LogP) is 2.51. The molecule has 128 valence electrons. The number of hydrogen-bond acceptors (Lipinski definition) is 4. The van der Waals surface area contributed by atoms with Gasteiger partial charge in [0.05, 0.1) is 25.5 Å². The summed E-state index contributed by atoms with van der Waals surface area (Å²) in [6.07, 6.45) is 6.94. The highest BCUT2D eigenvalue weighted by molar-refractivity contribution is 5.82. The number of carbonyl (C=O) groups is 1. The Morgan fingerprint density at radius 3 is 2.83 bits per heavy atom. The largest absolute Gasteiger partial charge is 0.344 e. The molecule has 1 atom stereocenters. The van der Waals surface area contributed by atoms with Gasteiger partial charge in [0.25, 0.3) is 0 Å². The van der Waals surface area contributed by atoms with Gasteiger partial charge in [-0.1, -0.05) is 43.3 Å². The number of carbonyl (C=O) groups excluding carboxylic acids is 1. The molecule has 6 nitrogen and oxygen atoms in total. The number of ether oxygens (including phenoxy) is 2. The van der Waals surface area contributed by atoms with Crippen molar-refractivity contribution in [3.63, 3.8) is 0 Å². The molecule has 1 aromatic rings. The maximum atomic E-state index is 12.5. The summed E-state index contributed by atoms with van der Waals surface area (Å²) in [4.78, 5) is 12.5. The minimum absolute atomic E-state index is 0.195. The van der Waals surface area contributed by atoms with Crippen molar-refractivity contribution < 1.29 is 14.3 Å². The monoisotopic (exact) mass is 329 g/mol. The van der Waals surface area contributed by atoms with Crippen LogP contribution in [0.2, 0.25) is 0 Å². The smallest absolute Gasteiger partial charge is 0.338 e. The summed E-state index contributed by atoms with van der Waals surface area (Å²) in [6.45, 7) is 3.78. The van der Waals surface area contributed by atoms with Crippen LogP contribution in [0.25, 0.3) is 0 Å². The molecule has 0 aromatic heterocycles. The van der Waals surface area contributed by atoms with Gasteiger partial charge in [-0.25, -0.2) is 9.80 Å². The Morgan fingerprint density at radius 1 is 1.38 bits per heavy atom. The van der Waals surface area contributed by atoms with E-state index in [1.165, 1.54) is 5.01 Å². The van der Waals surface area contributed by atoms with Gasteiger partial charge in [-0.3, -0.25) is 0 Å². The summed E-state index contributed by atoms with van der Waals surface area (Å²) >= 11 is 0. The molecule has 3 rings (SSSR count). The first-order valence-electron chi connectivity index (χ1n) is 8.36. The fraction of sp³-hybridized carbons (Fsp3) is 0.444. The van der Waals surface area contributed by atoms with Crippen LogP contribution in [0.5, 0.6) is 0 Å². The fourth-order valence-corrected chi connectivity index (χ4v) is 2.81. The third-order valence-corrected chi connectivity index (χ3v) is 4.02. The van der Waals surface area contributed by atoms with Gasteiger partial charge >= 0.3 is 6.03 Å². The summed E-state index contributed by atoms with van der Waals surface area (Å²) < 4.78 is 11.4. The summed E-state index contributed by atoms with van der Waals surface area (Å²) in [5.41, 5.74) is 0.941. The van der Waals surface area contributed by atoms with E-state index < -0.39 is 5.79 Å². The maximum Gasteiger partial charge on any atom is 0.338 e. The lowest BCUT2D eigenvalue weighted by Crippen LogP contribution is -2.43. The zero-order valence-electron chi connectivity index (χ0n) is 13.9. The van der Waals surface area contributed by atoms with Gasteiger partial charge in [0.15, 0.2) is 5.79 Å². The molecule has 0 radical (unpaired) electrons. The van der Waals surface area contributed by atoms with Crippen molar-refractivity contribution in [3.05, 3.63) is 48.0 Å². The average Bonchev–Trinajstić information content (AvgIpc) is 3.24. The summed E-state index contributed by atoms with van der Waals surface area (Å²) in [6, 6.07) is 9.30. The highest BCUT2D eigenvalue weighted by atomic mass is 16.7. The van der Waals surface area contributed by atoms with E-state index in [0.29, 0.717) is 26.2 Å². The average molecular weight is 329 g/mol. The second-order valence-corrected chi connectivity index (χ2v) is 5.87. The molecule has 24 heavy (non-hydrogen) atoms. The van der Waals surface area contributed by atoms with E-state index in [9.17, 15) is 4.79 Å². The first-order valence-corrected chi connectivity index (χ1v) is 8.36. The lowest BCUT2D eigenvalue weighted by atomic mass is 10.2. The van der Waals surface area contributed by atoms with Crippen molar-refractivity contribution in [1.29, 1.82) is 0 Å². The Labute approximate surface area is 142 Å². The zero-order chi connectivity index (χ0) is 16.8. The molecule has 1 aromatic carbocycles. The molecule has 1 heterocycles. The Hall–Kier alpha value is -2.18. The van der Waals surface area contributed by atoms with Crippen LogP contribution in [-0.2, 0) is 9.47 Å². The van der Waals surface area contributed by atoms with Crippen molar-refractivity contribution in [1.82, 2.24) is 10.3 Å². The lowest BCUT2D eigenvalue weighted by Gasteiger charge is -2.26. The Morgan fingerprint density at radius 2 is 2.12 bits per heavy atom. The zero-order valence-corrected chi connectivity index (χ0v) is 13.9. The first-order chi connectivity index (χ1) is 11.7. The normalized spacial score (nSPS) is 21.6. The number of hydrogen-bond donors (Lipinski definition) is 1. The molecule has 0 saturated carbocycles. The third kappa shape index (κ3) is 3.83. The van der Waals surface area contributed by atoms with Crippen molar-refractivity contribution in [2.45, 2.75) is 31.6 Å². The summed E-state index contributed by atoms with van der Waals surface area (Å²) in [5, 5.41) is 8.77. The van der Waals surface area contributed by atoms with Crippen molar-refractivity contribution in [2.24, 2.45) is 5.10 Å². The number of nitrogens with one attached hydrogen (secondary N) is 1. The quantitative estimate of drug-likeness (QED) is 0.513. The molecule has 2 amide bonds. The van der Waals surface area contributed by atoms with E-state index >= 15 is 0 Å². The number of urea groups is 1. The van der Waals surface area contributed by atoms with Crippen LogP contribution in [0.4, 0.5) is 4.79 Å². The van der Waals surface area contributed by atoms with Gasteiger partial charge in [0.1, 0.15) is 0 Å². The number of amides is 2. The van der Waals surface area contributed by atoms with Gasteiger partial charge in [0, 0.05) is 13.0 Å². The molecule has 1 saturated heterocycles. The molecule has 6 heteroatoms. The van der Waals surface area contributed by atoms with Gasteiger partial charge in [-0.15, -0.1) is 0 Å². The molecule has 1 aliphatic carbocycles. The van der Waals surface area contributed by atoms with Crippen LogP contribution in [0.3, 0.4) is 0 Å². The Bertz CT molecular complexity index is 609. The molecular formula is C18H23N3O3. The van der Waals surface area contributed by atoms with E-state index in [2.05, 4.69) is 10.4 Å². The van der Waals surface area contributed by atoms with Crippen molar-refractivity contribution in [3.8, 4) is 0 Å². The topological polar surface area (TPSA) is 63.2 Å². The van der Waals surface area contributed by atoms with E-state index in [0.717, 1.165) is 12.0 Å². The molecule has 0 bridgehead atoms. The van der Waals surface area contributed by atoms with Crippen LogP contribution >= 0.6 is 0 Å². The second kappa shape index (κ2) is 7.59. The summed E-state index contributed by atoms with van der Waals surface area (Å²) in [7, 11) is 0. The second-order valence-electron chi connectivity index (χ2n) is 5.87. The maximum absolute atomic E-state index is 12.5. The van der Waals surface area contributed by atoms with E-state index in [-0.39, 0.29) is 12.1 Å². The highest BCUT2D eigenvalue weighted by Crippen LogP contribution is 2.34. The lowest BCUT2D eigenvalue weighted by molar-refractivity contribution is -0.120. The standard InChI is InChI=1S/C18H23N3O3/c1-2-10-19-17(22)21(20-14-15-6-4-3-5-7-15)16-8-9-18(13-16)23-11-12-24-18/h3-9,14,16H,2,10-13H2,1H3,(H,19,22)/b20-14+. The van der Waals surface area contributed by atoms with Crippen LogP contribution < -0.4 is 5.32 Å². The summed E-state index contributed by atoms with van der Waals surface area (Å²) in [5.74, 6) is -0.698. The minimum Gasteiger partial charge on any atom is -0.344 e. The Kier molecular flexibility index (Phi) is 5.27. The molecule has 1 fully saturated rings. The predicted molar refractivity (Wildman–Crippen MR) is 91.7 cm³/mol. The molecule has 1 unspecified atom stereocenters. The molecular weight excluding hydrogens is 306 g/mol. The van der Waals surface area contributed by atoms with E-state index in [1.54, 1.807) is 6.21 Å². The molecule has 1 N–H and O–H groups in total. The van der Waals surface area contributed by atoms with Crippen LogP contribution in [0.1, 0.15) is 25.3 Å². The van der Waals surface area contributed by atoms with E-state index in [4.69, 9.17) is 9.47 Å². The SMILES string of the molecule is CCCNC(=O)N(/N=C/c1ccccc1)C1C=CC2(C1)OCCO2. The van der Waals surface area contributed by atoms with Crippen LogP contribution in [0, 0.1) is 0 Å². The number of benzene rings is 1. The number of rotatable bonds is 5. The molecule has 2 aliphatic rings. The number of hydrazone groups is 1. The van der Waals surface area contributed by atoms with Crippen molar-refractivity contribution >= 4 is 12.2 Å². The van der Waals surface area contributed by atoms with Crippen LogP contribution in [-0.4, -0.2) is 48.8 Å². The van der Waals surface area contributed by atoms with Gasteiger partial charge in [-0.2, -0.15) is 5.10 Å². The fourth-order valence-electron chi connectivity index (χ4n) is 2.81. The van der Waals surface area contributed by atoms with Gasteiger partial charge in [0.2, 0.25) is 0 Å².